The average Bonchev–Trinajstić information content (AvgIpc) is 2.78. The molecule has 1 aromatic heterocycles. The van der Waals surface area contributed by atoms with E-state index in [0.29, 0.717) is 18.5 Å². The van der Waals surface area contributed by atoms with Crippen molar-refractivity contribution in [2.45, 2.75) is 6.54 Å². The number of nitrogens with zero attached hydrogens (tertiary/aromatic N) is 2. The minimum atomic E-state index is -2.93. The fourth-order valence-corrected chi connectivity index (χ4v) is 2.74. The molecule has 0 fully saturated rings. The Morgan fingerprint density at radius 2 is 2.00 bits per heavy atom. The lowest BCUT2D eigenvalue weighted by Crippen LogP contribution is -2.28. The molecule has 0 unspecified atom stereocenters. The zero-order valence-corrected chi connectivity index (χ0v) is 12.5. The molecule has 1 heterocycles. The van der Waals surface area contributed by atoms with Gasteiger partial charge in [-0.25, -0.2) is 12.8 Å². The van der Waals surface area contributed by atoms with Crippen LogP contribution in [0.5, 0.6) is 0 Å². The first-order valence-electron chi connectivity index (χ1n) is 6.46. The molecule has 0 aliphatic carbocycles. The number of hydrogen-bond acceptors (Lipinski definition) is 3. The second-order valence-electron chi connectivity index (χ2n) is 5.11. The summed E-state index contributed by atoms with van der Waals surface area (Å²) < 4.78 is 37.8. The van der Waals surface area contributed by atoms with Gasteiger partial charge in [0.2, 0.25) is 0 Å². The molecule has 0 radical (unpaired) electrons. The summed E-state index contributed by atoms with van der Waals surface area (Å²) in [6.45, 7) is 1.93. The highest BCUT2D eigenvalue weighted by Crippen LogP contribution is 2.18. The van der Waals surface area contributed by atoms with Crippen LogP contribution in [0.25, 0.3) is 10.9 Å². The van der Waals surface area contributed by atoms with Crippen molar-refractivity contribution < 1.29 is 12.8 Å². The first-order valence-corrected chi connectivity index (χ1v) is 8.52. The molecule has 0 amide bonds. The lowest BCUT2D eigenvalue weighted by Gasteiger charge is -2.16. The van der Waals surface area contributed by atoms with E-state index in [0.717, 1.165) is 12.1 Å². The first-order chi connectivity index (χ1) is 9.37. The Labute approximate surface area is 118 Å². The Bertz CT molecular complexity index is 694. The van der Waals surface area contributed by atoms with Gasteiger partial charge in [0.05, 0.1) is 11.3 Å². The quantitative estimate of drug-likeness (QED) is 0.816. The Kier molecular flexibility index (Phi) is 4.45. The van der Waals surface area contributed by atoms with Gasteiger partial charge in [-0.05, 0) is 25.2 Å². The van der Waals surface area contributed by atoms with Gasteiger partial charge in [-0.3, -0.25) is 0 Å². The van der Waals surface area contributed by atoms with Crippen molar-refractivity contribution in [2.75, 3.05) is 32.1 Å². The molecule has 0 bridgehead atoms. The zero-order valence-electron chi connectivity index (χ0n) is 11.7. The lowest BCUT2D eigenvalue weighted by molar-refractivity contribution is 0.338. The van der Waals surface area contributed by atoms with Gasteiger partial charge in [-0.1, -0.05) is 6.07 Å². The largest absolute Gasteiger partial charge is 0.346 e. The van der Waals surface area contributed by atoms with Gasteiger partial charge in [-0.2, -0.15) is 0 Å². The van der Waals surface area contributed by atoms with Gasteiger partial charge in [-0.15, -0.1) is 0 Å². The van der Waals surface area contributed by atoms with Crippen LogP contribution in [-0.2, 0) is 16.4 Å². The van der Waals surface area contributed by atoms with Gasteiger partial charge in [0, 0.05) is 37.5 Å². The Hall–Kier alpha value is -1.40. The SMILES string of the molecule is CN(CCn1ccc2c(F)cccc21)CCS(C)(=O)=O. The van der Waals surface area contributed by atoms with E-state index >= 15 is 0 Å². The highest BCUT2D eigenvalue weighted by Gasteiger charge is 2.08. The number of fused-ring (bicyclic) bond motifs is 1. The summed E-state index contributed by atoms with van der Waals surface area (Å²) in [5.74, 6) is -0.0587. The molecular weight excluding hydrogens is 279 g/mol. The maximum absolute atomic E-state index is 13.6. The number of likely N-dealkylation sites (N-methyl/N-ethyl adjacent to an activating group) is 1. The van der Waals surface area contributed by atoms with E-state index in [4.69, 9.17) is 0 Å². The van der Waals surface area contributed by atoms with Gasteiger partial charge in [0.25, 0.3) is 0 Å². The van der Waals surface area contributed by atoms with Crippen molar-refractivity contribution in [1.82, 2.24) is 9.47 Å². The minimum absolute atomic E-state index is 0.157. The smallest absolute Gasteiger partial charge is 0.148 e. The highest BCUT2D eigenvalue weighted by atomic mass is 32.2. The van der Waals surface area contributed by atoms with Crippen molar-refractivity contribution in [3.8, 4) is 0 Å². The third kappa shape index (κ3) is 3.80. The second kappa shape index (κ2) is 5.93. The molecule has 110 valence electrons. The molecule has 0 spiro atoms. The third-order valence-electron chi connectivity index (χ3n) is 3.33. The van der Waals surface area contributed by atoms with E-state index in [9.17, 15) is 12.8 Å². The Morgan fingerprint density at radius 1 is 1.25 bits per heavy atom. The van der Waals surface area contributed by atoms with Crippen LogP contribution in [0.3, 0.4) is 0 Å². The number of aromatic nitrogens is 1. The fourth-order valence-electron chi connectivity index (χ4n) is 2.09. The molecule has 4 nitrogen and oxygen atoms in total. The van der Waals surface area contributed by atoms with Crippen molar-refractivity contribution >= 4 is 20.7 Å². The summed E-state index contributed by atoms with van der Waals surface area (Å²) in [6.07, 6.45) is 3.10. The predicted molar refractivity (Wildman–Crippen MR) is 79.1 cm³/mol. The van der Waals surface area contributed by atoms with Gasteiger partial charge >= 0.3 is 0 Å². The van der Waals surface area contributed by atoms with Crippen LogP contribution in [0, 0.1) is 5.82 Å². The van der Waals surface area contributed by atoms with Crippen LogP contribution < -0.4 is 0 Å². The summed E-state index contributed by atoms with van der Waals surface area (Å²) >= 11 is 0. The molecule has 0 aliphatic heterocycles. The van der Waals surface area contributed by atoms with Crippen LogP contribution in [0.15, 0.2) is 30.5 Å². The van der Waals surface area contributed by atoms with Crippen molar-refractivity contribution in [1.29, 1.82) is 0 Å². The van der Waals surface area contributed by atoms with Crippen LogP contribution >= 0.6 is 0 Å². The predicted octanol–water partition coefficient (Wildman–Crippen LogP) is 1.76. The molecule has 0 aliphatic rings. The molecular formula is C14H19FN2O2S. The number of benzene rings is 1. The third-order valence-corrected chi connectivity index (χ3v) is 4.25. The van der Waals surface area contributed by atoms with Gasteiger partial charge in [0.15, 0.2) is 0 Å². The van der Waals surface area contributed by atoms with E-state index in [1.54, 1.807) is 12.1 Å². The van der Waals surface area contributed by atoms with E-state index in [2.05, 4.69) is 0 Å². The van der Waals surface area contributed by atoms with Crippen LogP contribution in [0.2, 0.25) is 0 Å². The highest BCUT2D eigenvalue weighted by molar-refractivity contribution is 7.90. The van der Waals surface area contributed by atoms with E-state index in [1.165, 1.54) is 12.3 Å². The summed E-state index contributed by atoms with van der Waals surface area (Å²) in [6, 6.07) is 6.79. The standard InChI is InChI=1S/C14H19FN2O2S/c1-16(10-11-20(2,18)19)8-9-17-7-6-12-13(15)4-3-5-14(12)17/h3-7H,8-11H2,1-2H3. The van der Waals surface area contributed by atoms with Crippen LogP contribution in [0.4, 0.5) is 4.39 Å². The monoisotopic (exact) mass is 298 g/mol. The summed E-state index contributed by atoms with van der Waals surface area (Å²) in [5, 5.41) is 0.617. The van der Waals surface area contributed by atoms with Crippen LogP contribution in [0.1, 0.15) is 0 Å². The number of halogens is 1. The Balaban J connectivity index is 1.98. The van der Waals surface area contributed by atoms with Crippen molar-refractivity contribution in [2.24, 2.45) is 0 Å². The van der Waals surface area contributed by atoms with Crippen molar-refractivity contribution in [3.05, 3.63) is 36.3 Å². The zero-order chi connectivity index (χ0) is 14.8. The molecule has 1 aromatic carbocycles. The van der Waals surface area contributed by atoms with Gasteiger partial charge in [0.1, 0.15) is 15.7 Å². The second-order valence-corrected chi connectivity index (χ2v) is 7.37. The van der Waals surface area contributed by atoms with E-state index < -0.39 is 9.84 Å². The lowest BCUT2D eigenvalue weighted by atomic mass is 10.2. The fraction of sp³-hybridized carbons (Fsp3) is 0.429. The molecule has 6 heteroatoms. The molecule has 20 heavy (non-hydrogen) atoms. The number of rotatable bonds is 6. The summed E-state index contributed by atoms with van der Waals surface area (Å²) in [5.41, 5.74) is 0.863. The molecule has 2 rings (SSSR count). The topological polar surface area (TPSA) is 42.3 Å². The summed E-state index contributed by atoms with van der Waals surface area (Å²) in [4.78, 5) is 1.96. The molecule has 0 saturated carbocycles. The average molecular weight is 298 g/mol. The van der Waals surface area contributed by atoms with Crippen LogP contribution in [-0.4, -0.2) is 50.0 Å². The molecule has 0 saturated heterocycles. The molecule has 0 atom stereocenters. The van der Waals surface area contributed by atoms with Crippen molar-refractivity contribution in [3.63, 3.8) is 0 Å². The van der Waals surface area contributed by atoms with Gasteiger partial charge < -0.3 is 9.47 Å². The first kappa shape index (κ1) is 15.0. The minimum Gasteiger partial charge on any atom is -0.346 e. The number of sulfone groups is 1. The van der Waals surface area contributed by atoms with E-state index in [-0.39, 0.29) is 11.6 Å². The summed E-state index contributed by atoms with van der Waals surface area (Å²) in [7, 11) is -1.04. The number of hydrogen-bond donors (Lipinski definition) is 0. The maximum atomic E-state index is 13.6. The molecule has 2 aromatic rings. The Morgan fingerprint density at radius 3 is 2.70 bits per heavy atom. The van der Waals surface area contributed by atoms with E-state index in [1.807, 2.05) is 28.8 Å². The normalized spacial score (nSPS) is 12.4. The maximum Gasteiger partial charge on any atom is 0.148 e. The molecule has 0 N–H and O–H groups in total.